The lowest BCUT2D eigenvalue weighted by Crippen LogP contribution is -2.61. The highest BCUT2D eigenvalue weighted by molar-refractivity contribution is 5.82. The molecule has 0 aromatic heterocycles. The Balaban J connectivity index is 1.52. The van der Waals surface area contributed by atoms with Gasteiger partial charge in [-0.1, -0.05) is 24.3 Å². The first-order chi connectivity index (χ1) is 15.3. The molecule has 3 aliphatic rings. The Hall–Kier alpha value is -2.69. The first kappa shape index (κ1) is 21.2. The normalized spacial score (nSPS) is 31.5. The second-order valence-corrected chi connectivity index (χ2v) is 8.63. The fourth-order valence-electron chi connectivity index (χ4n) is 5.04. The molecule has 32 heavy (non-hydrogen) atoms. The Morgan fingerprint density at radius 1 is 1.09 bits per heavy atom. The molecule has 2 aliphatic heterocycles. The molecule has 5 rings (SSSR count). The molecule has 1 saturated heterocycles. The Morgan fingerprint density at radius 3 is 2.62 bits per heavy atom. The van der Waals surface area contributed by atoms with E-state index in [0.29, 0.717) is 5.56 Å². The van der Waals surface area contributed by atoms with E-state index in [1.165, 1.54) is 17.2 Å². The summed E-state index contributed by atoms with van der Waals surface area (Å²) in [6, 6.07) is 9.60. The van der Waals surface area contributed by atoms with Crippen LogP contribution in [0.1, 0.15) is 22.7 Å². The van der Waals surface area contributed by atoms with Crippen LogP contribution in [0.15, 0.2) is 30.3 Å². The smallest absolute Gasteiger partial charge is 0.335 e. The van der Waals surface area contributed by atoms with E-state index in [-0.39, 0.29) is 17.5 Å². The first-order valence-electron chi connectivity index (χ1n) is 10.5. The van der Waals surface area contributed by atoms with Crippen molar-refractivity contribution in [2.45, 2.75) is 49.6 Å². The maximum atomic E-state index is 11.3. The van der Waals surface area contributed by atoms with Gasteiger partial charge >= 0.3 is 5.97 Å². The van der Waals surface area contributed by atoms with Gasteiger partial charge < -0.3 is 35.0 Å². The van der Waals surface area contributed by atoms with Gasteiger partial charge in [-0.3, -0.25) is 4.90 Å². The summed E-state index contributed by atoms with van der Waals surface area (Å²) in [7, 11) is 2.09. The van der Waals surface area contributed by atoms with Crippen molar-refractivity contribution in [1.29, 1.82) is 0 Å². The number of aliphatic hydroxyl groups is 3. The van der Waals surface area contributed by atoms with Crippen molar-refractivity contribution in [3.05, 3.63) is 47.0 Å². The third-order valence-electron chi connectivity index (χ3n) is 6.76. The van der Waals surface area contributed by atoms with Gasteiger partial charge in [0.1, 0.15) is 18.3 Å². The summed E-state index contributed by atoms with van der Waals surface area (Å²) >= 11 is 0. The fraction of sp³-hybridized carbons (Fsp3) is 0.435. The number of nitrogens with zero attached hydrogens (tertiary/aromatic N) is 1. The van der Waals surface area contributed by atoms with Crippen LogP contribution in [0.25, 0.3) is 11.1 Å². The highest BCUT2D eigenvalue weighted by Crippen LogP contribution is 2.50. The van der Waals surface area contributed by atoms with Crippen molar-refractivity contribution in [2.75, 3.05) is 13.6 Å². The zero-order valence-corrected chi connectivity index (χ0v) is 17.4. The van der Waals surface area contributed by atoms with E-state index < -0.39 is 36.7 Å². The summed E-state index contributed by atoms with van der Waals surface area (Å²) in [5.41, 5.74) is 4.91. The largest absolute Gasteiger partial charge is 0.504 e. The number of phenols is 1. The van der Waals surface area contributed by atoms with Gasteiger partial charge in [0.25, 0.3) is 0 Å². The van der Waals surface area contributed by atoms with Gasteiger partial charge in [0.05, 0.1) is 0 Å². The van der Waals surface area contributed by atoms with Gasteiger partial charge in [0.15, 0.2) is 17.6 Å². The number of aromatic hydroxyl groups is 1. The first-order valence-corrected chi connectivity index (χ1v) is 10.5. The number of rotatable bonds is 3. The zero-order chi connectivity index (χ0) is 22.7. The number of fused-ring (bicyclic) bond motifs is 2. The number of benzene rings is 2. The highest BCUT2D eigenvalue weighted by Gasteiger charge is 2.48. The second-order valence-electron chi connectivity index (χ2n) is 8.63. The number of phenolic OH excluding ortho intramolecular Hbond substituents is 1. The van der Waals surface area contributed by atoms with Crippen molar-refractivity contribution in [3.8, 4) is 22.6 Å². The van der Waals surface area contributed by atoms with Crippen molar-refractivity contribution >= 4 is 5.97 Å². The molecule has 6 atom stereocenters. The number of hydrogen-bond acceptors (Lipinski definition) is 8. The summed E-state index contributed by atoms with van der Waals surface area (Å²) in [6.45, 7) is 0.958. The third-order valence-corrected chi connectivity index (χ3v) is 6.76. The van der Waals surface area contributed by atoms with Crippen LogP contribution in [-0.4, -0.2) is 80.7 Å². The molecule has 2 aromatic rings. The molecule has 1 fully saturated rings. The minimum absolute atomic E-state index is 0.0132. The number of aliphatic hydroxyl groups excluding tert-OH is 3. The van der Waals surface area contributed by atoms with E-state index >= 15 is 0 Å². The van der Waals surface area contributed by atoms with Gasteiger partial charge in [-0.15, -0.1) is 0 Å². The van der Waals surface area contributed by atoms with Crippen molar-refractivity contribution in [1.82, 2.24) is 4.90 Å². The van der Waals surface area contributed by atoms with Gasteiger partial charge in [0.2, 0.25) is 6.29 Å². The van der Waals surface area contributed by atoms with E-state index in [9.17, 15) is 30.3 Å². The third kappa shape index (κ3) is 3.16. The van der Waals surface area contributed by atoms with Crippen LogP contribution in [0.3, 0.4) is 0 Å². The minimum atomic E-state index is -1.82. The number of carbonyl (C=O) groups is 1. The molecule has 170 valence electrons. The molecule has 2 aromatic carbocycles. The summed E-state index contributed by atoms with van der Waals surface area (Å²) in [5.74, 6) is -1.66. The van der Waals surface area contributed by atoms with Gasteiger partial charge in [0, 0.05) is 18.2 Å². The molecule has 2 heterocycles. The van der Waals surface area contributed by atoms with Crippen molar-refractivity contribution in [3.63, 3.8) is 0 Å². The van der Waals surface area contributed by atoms with Crippen LogP contribution >= 0.6 is 0 Å². The van der Waals surface area contributed by atoms with Crippen LogP contribution in [0, 0.1) is 0 Å². The summed E-state index contributed by atoms with van der Waals surface area (Å²) in [4.78, 5) is 13.7. The molecule has 0 radical (unpaired) electrons. The number of ether oxygens (including phenoxy) is 2. The molecule has 5 N–H and O–H groups in total. The molecule has 0 amide bonds. The minimum Gasteiger partial charge on any atom is -0.504 e. The van der Waals surface area contributed by atoms with Gasteiger partial charge in [-0.05, 0) is 48.2 Å². The molecule has 9 nitrogen and oxygen atoms in total. The summed E-state index contributed by atoms with van der Waals surface area (Å²) in [5, 5.41) is 50.5. The summed E-state index contributed by atoms with van der Waals surface area (Å²) < 4.78 is 10.8. The van der Waals surface area contributed by atoms with Gasteiger partial charge in [-0.2, -0.15) is 0 Å². The molecule has 0 unspecified atom stereocenters. The lowest BCUT2D eigenvalue weighted by molar-refractivity contribution is -0.271. The maximum Gasteiger partial charge on any atom is 0.335 e. The van der Waals surface area contributed by atoms with Gasteiger partial charge in [-0.25, -0.2) is 4.79 Å². The number of hydrogen-bond donors (Lipinski definition) is 5. The Bertz CT molecular complexity index is 1070. The van der Waals surface area contributed by atoms with E-state index in [1.807, 2.05) is 18.2 Å². The van der Waals surface area contributed by atoms with Crippen molar-refractivity contribution in [2.24, 2.45) is 0 Å². The molecule has 0 bridgehead atoms. The predicted octanol–water partition coefficient (Wildman–Crippen LogP) is 0.415. The van der Waals surface area contributed by atoms with E-state index in [2.05, 4.69) is 18.0 Å². The lowest BCUT2D eigenvalue weighted by atomic mass is 9.77. The van der Waals surface area contributed by atoms with Crippen LogP contribution in [0.4, 0.5) is 0 Å². The van der Waals surface area contributed by atoms with Crippen molar-refractivity contribution < 1.29 is 39.8 Å². The number of carboxylic acids is 1. The molecular weight excluding hydrogens is 418 g/mol. The molecule has 1 aliphatic carbocycles. The quantitative estimate of drug-likeness (QED) is 0.456. The molecule has 0 saturated carbocycles. The summed E-state index contributed by atoms with van der Waals surface area (Å²) in [6.07, 6.45) is -7.05. The van der Waals surface area contributed by atoms with E-state index in [1.54, 1.807) is 0 Å². The fourth-order valence-corrected chi connectivity index (χ4v) is 5.04. The predicted molar refractivity (Wildman–Crippen MR) is 111 cm³/mol. The molecule has 9 heteroatoms. The average Bonchev–Trinajstić information content (AvgIpc) is 2.77. The van der Waals surface area contributed by atoms with Crippen LogP contribution in [0.5, 0.6) is 11.5 Å². The van der Waals surface area contributed by atoms with E-state index in [4.69, 9.17) is 9.47 Å². The van der Waals surface area contributed by atoms with Crippen LogP contribution < -0.4 is 4.74 Å². The zero-order valence-electron chi connectivity index (χ0n) is 17.4. The second kappa shape index (κ2) is 7.72. The Labute approximate surface area is 184 Å². The standard InChI is InChI=1S/C23H25NO8/c1-24-8-7-10-3-2-4-12-15(10)13(24)9-11-5-6-14(17(25)16(11)12)31-23-20(28)18(26)19(27)21(32-23)22(29)30/h2-6,13,18-21,23,25-28H,7-9H2,1H3,(H,29,30)/t13-,18+,19+,20-,21+,23-/m1/s1. The SMILES string of the molecule is CN1CCc2cccc3c2[C@H]1Cc1ccc(O[C@@H]2O[C@H](C(=O)O)[C@@H](O)[C@H](O)[C@H]2O)c(O)c1-3. The monoisotopic (exact) mass is 443 g/mol. The van der Waals surface area contributed by atoms with Crippen LogP contribution in [0.2, 0.25) is 0 Å². The highest BCUT2D eigenvalue weighted by atomic mass is 16.7. The Morgan fingerprint density at radius 2 is 1.88 bits per heavy atom. The van der Waals surface area contributed by atoms with E-state index in [0.717, 1.165) is 30.5 Å². The topological polar surface area (TPSA) is 140 Å². The van der Waals surface area contributed by atoms with Crippen LogP contribution in [-0.2, 0) is 22.4 Å². The Kier molecular flexibility index (Phi) is 5.11. The molecule has 0 spiro atoms. The number of aliphatic carboxylic acids is 1. The number of carboxylic acid groups (broad SMARTS) is 1. The maximum absolute atomic E-state index is 11.3. The molecular formula is C23H25NO8. The lowest BCUT2D eigenvalue weighted by Gasteiger charge is -2.40. The average molecular weight is 443 g/mol. The number of likely N-dealkylation sites (N-methyl/N-ethyl adjacent to an activating group) is 1.